The highest BCUT2D eigenvalue weighted by Gasteiger charge is 2.35. The summed E-state index contributed by atoms with van der Waals surface area (Å²) < 4.78 is 18.2. The van der Waals surface area contributed by atoms with Gasteiger partial charge in [-0.2, -0.15) is 0 Å². The molecule has 2 amide bonds. The minimum absolute atomic E-state index is 0.0519. The number of hydrogen-bond acceptors (Lipinski definition) is 6. The van der Waals surface area contributed by atoms with E-state index in [9.17, 15) is 14.0 Å². The van der Waals surface area contributed by atoms with Gasteiger partial charge in [-0.3, -0.25) is 9.59 Å². The molecule has 9 heteroatoms. The monoisotopic (exact) mass is 444 g/mol. The number of nitrogens with one attached hydrogen (secondary N) is 1. The van der Waals surface area contributed by atoms with E-state index in [4.69, 9.17) is 0 Å². The summed E-state index contributed by atoms with van der Waals surface area (Å²) >= 11 is 2.45. The topological polar surface area (TPSA) is 75.2 Å². The first kappa shape index (κ1) is 20.6. The van der Waals surface area contributed by atoms with Gasteiger partial charge < -0.3 is 10.2 Å². The van der Waals surface area contributed by atoms with Gasteiger partial charge >= 0.3 is 0 Å². The zero-order chi connectivity index (χ0) is 20.9. The molecule has 0 saturated heterocycles. The van der Waals surface area contributed by atoms with Crippen molar-refractivity contribution in [1.82, 2.24) is 19.8 Å². The van der Waals surface area contributed by atoms with Gasteiger partial charge in [0.15, 0.2) is 5.69 Å². The summed E-state index contributed by atoms with van der Waals surface area (Å²) in [4.78, 5) is 28.8. The van der Waals surface area contributed by atoms with Crippen molar-refractivity contribution in [3.63, 3.8) is 0 Å². The molecule has 0 bridgehead atoms. The highest BCUT2D eigenvalue weighted by molar-refractivity contribution is 7.10. The van der Waals surface area contributed by atoms with Crippen LogP contribution in [0.3, 0.4) is 0 Å². The van der Waals surface area contributed by atoms with E-state index in [0.717, 1.165) is 42.1 Å². The van der Waals surface area contributed by atoms with E-state index in [1.165, 1.54) is 27.7 Å². The van der Waals surface area contributed by atoms with E-state index in [0.29, 0.717) is 5.56 Å². The van der Waals surface area contributed by atoms with E-state index in [1.807, 2.05) is 17.5 Å². The molecular formula is C21H21FN4O2S2. The minimum Gasteiger partial charge on any atom is -0.351 e. The molecule has 6 nitrogen and oxygen atoms in total. The fourth-order valence-corrected chi connectivity index (χ4v) is 4.98. The first-order valence-electron chi connectivity index (χ1n) is 9.78. The third-order valence-electron chi connectivity index (χ3n) is 5.21. The van der Waals surface area contributed by atoms with Crippen LogP contribution in [0.5, 0.6) is 0 Å². The second-order valence-electron chi connectivity index (χ2n) is 7.22. The Bertz CT molecular complexity index is 988. The van der Waals surface area contributed by atoms with Crippen LogP contribution in [0.1, 0.15) is 52.7 Å². The summed E-state index contributed by atoms with van der Waals surface area (Å²) in [6.45, 7) is -0.0519. The van der Waals surface area contributed by atoms with Crippen LogP contribution in [0, 0.1) is 5.82 Å². The molecule has 2 aromatic heterocycles. The van der Waals surface area contributed by atoms with Gasteiger partial charge in [0.1, 0.15) is 11.9 Å². The van der Waals surface area contributed by atoms with Gasteiger partial charge in [0, 0.05) is 21.9 Å². The van der Waals surface area contributed by atoms with Crippen molar-refractivity contribution in [2.24, 2.45) is 0 Å². The average molecular weight is 445 g/mol. The highest BCUT2D eigenvalue weighted by atomic mass is 32.1. The molecule has 1 atom stereocenters. The molecule has 0 aliphatic heterocycles. The molecular weight excluding hydrogens is 423 g/mol. The Kier molecular flexibility index (Phi) is 6.49. The summed E-state index contributed by atoms with van der Waals surface area (Å²) in [7, 11) is 0. The number of amides is 2. The summed E-state index contributed by atoms with van der Waals surface area (Å²) in [5.41, 5.74) is 0.482. The predicted octanol–water partition coefficient (Wildman–Crippen LogP) is 4.18. The second-order valence-corrected chi connectivity index (χ2v) is 8.81. The lowest BCUT2D eigenvalue weighted by Gasteiger charge is -2.31. The summed E-state index contributed by atoms with van der Waals surface area (Å²) in [6, 6.07) is 9.17. The summed E-state index contributed by atoms with van der Waals surface area (Å²) in [5, 5.41) is 10.4. The van der Waals surface area contributed by atoms with Crippen molar-refractivity contribution in [3.05, 3.63) is 69.1 Å². The molecule has 156 valence electrons. The molecule has 3 aromatic rings. The number of benzene rings is 1. The molecule has 30 heavy (non-hydrogen) atoms. The molecule has 1 N–H and O–H groups in total. The molecule has 0 radical (unpaired) electrons. The maximum Gasteiger partial charge on any atom is 0.276 e. The smallest absolute Gasteiger partial charge is 0.276 e. The van der Waals surface area contributed by atoms with Gasteiger partial charge in [-0.15, -0.1) is 16.4 Å². The Morgan fingerprint density at radius 1 is 1.20 bits per heavy atom. The van der Waals surface area contributed by atoms with E-state index >= 15 is 0 Å². The van der Waals surface area contributed by atoms with Gasteiger partial charge in [-0.05, 0) is 41.9 Å². The third-order valence-corrected chi connectivity index (χ3v) is 6.64. The largest absolute Gasteiger partial charge is 0.351 e. The van der Waals surface area contributed by atoms with E-state index in [1.54, 1.807) is 18.2 Å². The maximum absolute atomic E-state index is 14.4. The number of thiophene rings is 1. The van der Waals surface area contributed by atoms with Gasteiger partial charge in [0.25, 0.3) is 5.91 Å². The zero-order valence-electron chi connectivity index (χ0n) is 16.2. The number of halogens is 1. The molecule has 1 saturated carbocycles. The minimum atomic E-state index is -0.876. The SMILES string of the molecule is O=C(NC1CCCC1)C(c1cccs1)N(Cc1ccccc1F)C(=O)c1csnn1. The quantitative estimate of drug-likeness (QED) is 0.593. The highest BCUT2D eigenvalue weighted by Crippen LogP contribution is 2.30. The Labute approximate surface area is 181 Å². The van der Waals surface area contributed by atoms with E-state index < -0.39 is 17.8 Å². The van der Waals surface area contributed by atoms with Crippen LogP contribution in [0.25, 0.3) is 0 Å². The standard InChI is InChI=1S/C21H21FN4O2S2/c22-16-9-4-1-6-14(16)12-26(21(28)17-13-30-25-24-17)19(18-10-5-11-29-18)20(27)23-15-7-2-3-8-15/h1,4-6,9-11,13,15,19H,2-3,7-8,12H2,(H,23,27). The summed E-state index contributed by atoms with van der Waals surface area (Å²) in [6.07, 6.45) is 4.02. The number of carbonyl (C=O) groups is 2. The van der Waals surface area contributed by atoms with Crippen molar-refractivity contribution >= 4 is 34.7 Å². The van der Waals surface area contributed by atoms with Crippen molar-refractivity contribution < 1.29 is 14.0 Å². The van der Waals surface area contributed by atoms with Crippen molar-refractivity contribution in [2.75, 3.05) is 0 Å². The molecule has 4 rings (SSSR count). The van der Waals surface area contributed by atoms with Crippen LogP contribution >= 0.6 is 22.9 Å². The lowest BCUT2D eigenvalue weighted by molar-refractivity contribution is -0.126. The predicted molar refractivity (Wildman–Crippen MR) is 114 cm³/mol. The molecule has 1 fully saturated rings. The van der Waals surface area contributed by atoms with E-state index in [2.05, 4.69) is 14.9 Å². The Balaban J connectivity index is 1.71. The van der Waals surface area contributed by atoms with Gasteiger partial charge in [0.05, 0.1) is 6.54 Å². The van der Waals surface area contributed by atoms with Crippen LogP contribution in [-0.2, 0) is 11.3 Å². The fourth-order valence-electron chi connectivity index (χ4n) is 3.72. The number of nitrogens with zero attached hydrogens (tertiary/aromatic N) is 3. The number of carbonyl (C=O) groups excluding carboxylic acids is 2. The molecule has 1 unspecified atom stereocenters. The van der Waals surface area contributed by atoms with Crippen molar-refractivity contribution in [1.29, 1.82) is 0 Å². The Hall–Kier alpha value is -2.65. The first-order valence-corrected chi connectivity index (χ1v) is 11.5. The van der Waals surface area contributed by atoms with Crippen molar-refractivity contribution in [2.45, 2.75) is 44.3 Å². The maximum atomic E-state index is 14.4. The molecule has 2 heterocycles. The van der Waals surface area contributed by atoms with E-state index in [-0.39, 0.29) is 24.2 Å². The van der Waals surface area contributed by atoms with Crippen LogP contribution in [0.4, 0.5) is 4.39 Å². The van der Waals surface area contributed by atoms with Crippen molar-refractivity contribution in [3.8, 4) is 0 Å². The number of rotatable bonds is 7. The number of hydrogen-bond donors (Lipinski definition) is 1. The third kappa shape index (κ3) is 4.57. The van der Waals surface area contributed by atoms with Gasteiger partial charge in [-0.1, -0.05) is 41.6 Å². The lowest BCUT2D eigenvalue weighted by Crippen LogP contribution is -2.45. The van der Waals surface area contributed by atoms with Crippen LogP contribution in [0.2, 0.25) is 0 Å². The molecule has 1 aliphatic rings. The van der Waals surface area contributed by atoms with Gasteiger partial charge in [-0.25, -0.2) is 4.39 Å². The average Bonchev–Trinajstić information content (AvgIpc) is 3.52. The van der Waals surface area contributed by atoms with Crippen LogP contribution < -0.4 is 5.32 Å². The van der Waals surface area contributed by atoms with Crippen LogP contribution in [0.15, 0.2) is 47.2 Å². The number of aromatic nitrogens is 2. The summed E-state index contributed by atoms with van der Waals surface area (Å²) in [5.74, 6) is -1.13. The Morgan fingerprint density at radius 2 is 2.00 bits per heavy atom. The first-order chi connectivity index (χ1) is 14.6. The fraction of sp³-hybridized carbons (Fsp3) is 0.333. The second kappa shape index (κ2) is 9.44. The lowest BCUT2D eigenvalue weighted by atomic mass is 10.1. The zero-order valence-corrected chi connectivity index (χ0v) is 17.8. The molecule has 1 aromatic carbocycles. The molecule has 1 aliphatic carbocycles. The molecule has 0 spiro atoms. The van der Waals surface area contributed by atoms with Crippen LogP contribution in [-0.4, -0.2) is 32.3 Å². The Morgan fingerprint density at radius 3 is 2.67 bits per heavy atom. The normalized spacial score (nSPS) is 15.1. The van der Waals surface area contributed by atoms with Gasteiger partial charge in [0.2, 0.25) is 5.91 Å².